The van der Waals surface area contributed by atoms with Gasteiger partial charge in [-0.3, -0.25) is 0 Å². The van der Waals surface area contributed by atoms with Gasteiger partial charge in [-0.15, -0.1) is 0 Å². The van der Waals surface area contributed by atoms with Crippen LogP contribution in [0.5, 0.6) is 0 Å². The molecule has 94 valence electrons. The highest BCUT2D eigenvalue weighted by atomic mass is 32.2. The Balaban J connectivity index is 2.12. The number of thioether (sulfide) groups is 1. The van der Waals surface area contributed by atoms with Crippen molar-refractivity contribution in [1.82, 2.24) is 9.55 Å². The van der Waals surface area contributed by atoms with E-state index in [1.165, 1.54) is 17.8 Å². The lowest BCUT2D eigenvalue weighted by atomic mass is 9.79. The van der Waals surface area contributed by atoms with Crippen LogP contribution in [0.1, 0.15) is 5.56 Å². The minimum atomic E-state index is -1.65. The summed E-state index contributed by atoms with van der Waals surface area (Å²) >= 11 is 1.46. The van der Waals surface area contributed by atoms with E-state index in [-0.39, 0.29) is 5.46 Å². The highest BCUT2D eigenvalue weighted by Gasteiger charge is 2.13. The van der Waals surface area contributed by atoms with Crippen molar-refractivity contribution < 1.29 is 14.4 Å². The van der Waals surface area contributed by atoms with E-state index in [4.69, 9.17) is 10.0 Å². The topological polar surface area (TPSA) is 58.3 Å². The number of imidazole rings is 1. The zero-order valence-corrected chi connectivity index (χ0v) is 10.6. The monoisotopic (exact) mass is 266 g/mol. The fourth-order valence-electron chi connectivity index (χ4n) is 1.55. The number of nitrogens with zero attached hydrogens (tertiary/aromatic N) is 2. The highest BCUT2D eigenvalue weighted by molar-refractivity contribution is 7.98. The average Bonchev–Trinajstić information content (AvgIpc) is 2.71. The van der Waals surface area contributed by atoms with Gasteiger partial charge in [0.15, 0.2) is 5.16 Å². The molecule has 2 N–H and O–H groups in total. The molecule has 0 aliphatic heterocycles. The Morgan fingerprint density at radius 3 is 2.78 bits per heavy atom. The molecule has 1 aromatic carbocycles. The van der Waals surface area contributed by atoms with Crippen LogP contribution in [0.15, 0.2) is 35.7 Å². The maximum absolute atomic E-state index is 13.3. The number of aromatic nitrogens is 2. The molecule has 0 aliphatic rings. The zero-order valence-electron chi connectivity index (χ0n) is 9.75. The molecule has 2 rings (SSSR count). The van der Waals surface area contributed by atoms with Gasteiger partial charge in [0.25, 0.3) is 0 Å². The summed E-state index contributed by atoms with van der Waals surface area (Å²) in [6.07, 6.45) is 3.52. The van der Waals surface area contributed by atoms with Crippen LogP contribution in [0.25, 0.3) is 0 Å². The summed E-state index contributed by atoms with van der Waals surface area (Å²) in [4.78, 5) is 4.14. The van der Waals surface area contributed by atoms with Crippen molar-refractivity contribution in [3.63, 3.8) is 0 Å². The molecule has 0 unspecified atom stereocenters. The van der Waals surface area contributed by atoms with Gasteiger partial charge in [0.2, 0.25) is 0 Å². The molecule has 18 heavy (non-hydrogen) atoms. The molecule has 4 nitrogen and oxygen atoms in total. The first kappa shape index (κ1) is 13.1. The zero-order chi connectivity index (χ0) is 13.1. The van der Waals surface area contributed by atoms with E-state index in [9.17, 15) is 4.39 Å². The smallest absolute Gasteiger partial charge is 0.423 e. The summed E-state index contributed by atoms with van der Waals surface area (Å²) in [7, 11) is 0.224. The van der Waals surface area contributed by atoms with E-state index in [2.05, 4.69) is 4.98 Å². The molecule has 7 heteroatoms. The van der Waals surface area contributed by atoms with E-state index < -0.39 is 12.9 Å². The van der Waals surface area contributed by atoms with E-state index in [0.717, 1.165) is 11.2 Å². The van der Waals surface area contributed by atoms with E-state index >= 15 is 0 Å². The predicted octanol–water partition coefficient (Wildman–Crippen LogP) is 0.531. The molecule has 0 radical (unpaired) electrons. The molecule has 2 aromatic rings. The summed E-state index contributed by atoms with van der Waals surface area (Å²) in [6.45, 7) is 0. The second-order valence-electron chi connectivity index (χ2n) is 3.88. The minimum Gasteiger partial charge on any atom is -0.423 e. The third-order valence-corrected chi connectivity index (χ3v) is 3.55. The Labute approximate surface area is 109 Å². The summed E-state index contributed by atoms with van der Waals surface area (Å²) in [6, 6.07) is 4.06. The van der Waals surface area contributed by atoms with Gasteiger partial charge in [-0.1, -0.05) is 17.8 Å². The number of halogens is 1. The van der Waals surface area contributed by atoms with Crippen LogP contribution >= 0.6 is 11.8 Å². The normalized spacial score (nSPS) is 10.7. The summed E-state index contributed by atoms with van der Waals surface area (Å²) in [5, 5.41) is 18.9. The van der Waals surface area contributed by atoms with Gasteiger partial charge >= 0.3 is 7.12 Å². The Bertz CT molecular complexity index is 548. The lowest BCUT2D eigenvalue weighted by Gasteiger charge is -2.05. The van der Waals surface area contributed by atoms with Crippen molar-refractivity contribution in [2.75, 3.05) is 0 Å². The number of benzene rings is 1. The minimum absolute atomic E-state index is 0.158. The maximum atomic E-state index is 13.3. The lowest BCUT2D eigenvalue weighted by molar-refractivity contribution is 0.425. The fraction of sp³-hybridized carbons (Fsp3) is 0.182. The Morgan fingerprint density at radius 2 is 2.17 bits per heavy atom. The van der Waals surface area contributed by atoms with Gasteiger partial charge in [0, 0.05) is 25.2 Å². The Hall–Kier alpha value is -1.31. The fourth-order valence-corrected chi connectivity index (χ4v) is 2.41. The molecule has 1 aromatic heterocycles. The number of hydrogen-bond donors (Lipinski definition) is 2. The van der Waals surface area contributed by atoms with E-state index in [0.29, 0.717) is 11.3 Å². The first-order valence-corrected chi connectivity index (χ1v) is 6.30. The molecule has 0 saturated heterocycles. The largest absolute Gasteiger partial charge is 0.488 e. The third kappa shape index (κ3) is 3.13. The van der Waals surface area contributed by atoms with Crippen molar-refractivity contribution in [3.8, 4) is 0 Å². The van der Waals surface area contributed by atoms with Crippen molar-refractivity contribution in [2.24, 2.45) is 7.05 Å². The molecule has 0 aliphatic carbocycles. The number of aryl methyl sites for hydroxylation is 1. The summed E-state index contributed by atoms with van der Waals surface area (Å²) in [5.74, 6) is 0.0403. The highest BCUT2D eigenvalue weighted by Crippen LogP contribution is 2.20. The van der Waals surface area contributed by atoms with Gasteiger partial charge in [0.1, 0.15) is 5.82 Å². The molecule has 1 heterocycles. The Morgan fingerprint density at radius 1 is 1.39 bits per heavy atom. The molecule has 0 spiro atoms. The first-order valence-electron chi connectivity index (χ1n) is 5.32. The predicted molar refractivity (Wildman–Crippen MR) is 69.0 cm³/mol. The van der Waals surface area contributed by atoms with Crippen molar-refractivity contribution in [3.05, 3.63) is 42.0 Å². The quantitative estimate of drug-likeness (QED) is 0.626. The molecular formula is C11H12BFN2O2S. The maximum Gasteiger partial charge on any atom is 0.488 e. The van der Waals surface area contributed by atoms with Gasteiger partial charge in [-0.2, -0.15) is 0 Å². The number of hydrogen-bond acceptors (Lipinski definition) is 4. The lowest BCUT2D eigenvalue weighted by Crippen LogP contribution is -2.30. The SMILES string of the molecule is Cn1ccnc1SCc1cc(F)cc(B(O)O)c1. The van der Waals surface area contributed by atoms with Crippen LogP contribution in [0, 0.1) is 5.82 Å². The van der Waals surface area contributed by atoms with Crippen molar-refractivity contribution in [2.45, 2.75) is 10.9 Å². The summed E-state index contributed by atoms with van der Waals surface area (Å²) in [5.41, 5.74) is 0.844. The van der Waals surface area contributed by atoms with Crippen LogP contribution in [0.4, 0.5) is 4.39 Å². The van der Waals surface area contributed by atoms with Crippen LogP contribution in [0.2, 0.25) is 0 Å². The molecule has 0 fully saturated rings. The average molecular weight is 266 g/mol. The number of rotatable bonds is 4. The molecule has 0 saturated carbocycles. The van der Waals surface area contributed by atoms with Gasteiger partial charge < -0.3 is 14.6 Å². The second-order valence-corrected chi connectivity index (χ2v) is 4.82. The molecule has 0 atom stereocenters. The van der Waals surface area contributed by atoms with Crippen molar-refractivity contribution >= 4 is 24.3 Å². The summed E-state index contributed by atoms with van der Waals surface area (Å²) < 4.78 is 15.1. The van der Waals surface area contributed by atoms with Gasteiger partial charge in [0.05, 0.1) is 0 Å². The standard InChI is InChI=1S/C11H12BFN2O2S/c1-15-3-2-14-11(15)18-7-8-4-9(12(16)17)6-10(13)5-8/h2-6,16-17H,7H2,1H3. The molecular weight excluding hydrogens is 254 g/mol. The van der Waals surface area contributed by atoms with Crippen LogP contribution in [-0.2, 0) is 12.8 Å². The van der Waals surface area contributed by atoms with Crippen molar-refractivity contribution in [1.29, 1.82) is 0 Å². The van der Waals surface area contributed by atoms with E-state index in [1.807, 2.05) is 17.8 Å². The molecule has 0 amide bonds. The van der Waals surface area contributed by atoms with Gasteiger partial charge in [-0.05, 0) is 23.2 Å². The van der Waals surface area contributed by atoms with Crippen LogP contribution in [0.3, 0.4) is 0 Å². The van der Waals surface area contributed by atoms with Crippen LogP contribution in [-0.4, -0.2) is 26.7 Å². The third-order valence-electron chi connectivity index (χ3n) is 2.42. The van der Waals surface area contributed by atoms with E-state index in [1.54, 1.807) is 12.3 Å². The second kappa shape index (κ2) is 5.56. The van der Waals surface area contributed by atoms with Crippen LogP contribution < -0.4 is 5.46 Å². The molecule has 0 bridgehead atoms. The first-order chi connectivity index (χ1) is 8.56. The van der Waals surface area contributed by atoms with Gasteiger partial charge in [-0.25, -0.2) is 9.37 Å². The Kier molecular flexibility index (Phi) is 4.06.